The van der Waals surface area contributed by atoms with E-state index in [2.05, 4.69) is 5.32 Å². The van der Waals surface area contributed by atoms with E-state index in [1.807, 2.05) is 31.2 Å². The van der Waals surface area contributed by atoms with Crippen LogP contribution in [0, 0.1) is 12.8 Å². The quantitative estimate of drug-likeness (QED) is 0.307. The van der Waals surface area contributed by atoms with Crippen molar-refractivity contribution in [1.82, 2.24) is 4.57 Å². The molecule has 3 aromatic carbocycles. The van der Waals surface area contributed by atoms with Gasteiger partial charge in [0.15, 0.2) is 11.5 Å². The fourth-order valence-corrected chi connectivity index (χ4v) is 8.25. The van der Waals surface area contributed by atoms with Gasteiger partial charge in [0.05, 0.1) is 30.9 Å². The van der Waals surface area contributed by atoms with Crippen LogP contribution in [0.25, 0.3) is 0 Å². The highest BCUT2D eigenvalue weighted by Gasteiger charge is 2.57. The molecule has 0 bridgehead atoms. The summed E-state index contributed by atoms with van der Waals surface area (Å²) in [4.78, 5) is 55.8. The Hall–Kier alpha value is -4.35. The minimum atomic E-state index is -0.788. The van der Waals surface area contributed by atoms with Crippen LogP contribution in [0.3, 0.4) is 0 Å². The molecule has 6 rings (SSSR count). The lowest BCUT2D eigenvalue weighted by molar-refractivity contribution is -0.122. The summed E-state index contributed by atoms with van der Waals surface area (Å²) in [6.07, 6.45) is 0. The number of imide groups is 1. The molecule has 1 fully saturated rings. The molecular weight excluding hydrogens is 574 g/mol. The van der Waals surface area contributed by atoms with Crippen LogP contribution in [0.2, 0.25) is 0 Å². The number of benzene rings is 3. The molecule has 2 aliphatic rings. The number of ether oxygens (including phenoxy) is 2. The predicted octanol–water partition coefficient (Wildman–Crippen LogP) is 4.67. The van der Waals surface area contributed by atoms with Crippen molar-refractivity contribution < 1.29 is 23.9 Å². The predicted molar refractivity (Wildman–Crippen MR) is 162 cm³/mol. The molecule has 0 spiro atoms. The van der Waals surface area contributed by atoms with Gasteiger partial charge in [-0.05, 0) is 48.9 Å². The first kappa shape index (κ1) is 27.8. The average Bonchev–Trinajstić information content (AvgIpc) is 3.44. The van der Waals surface area contributed by atoms with Gasteiger partial charge in [0, 0.05) is 16.5 Å². The summed E-state index contributed by atoms with van der Waals surface area (Å²) in [7, 11) is 3.06. The van der Waals surface area contributed by atoms with Gasteiger partial charge in [-0.25, -0.2) is 4.90 Å². The van der Waals surface area contributed by atoms with Crippen LogP contribution in [0.15, 0.2) is 82.6 Å². The number of anilines is 2. The van der Waals surface area contributed by atoms with E-state index in [4.69, 9.17) is 9.47 Å². The number of rotatable bonds is 7. The maximum Gasteiger partial charge on any atom is 0.308 e. The highest BCUT2D eigenvalue weighted by Crippen LogP contribution is 2.54. The minimum Gasteiger partial charge on any atom is -0.493 e. The SMILES string of the molecule is COc1ccc([C@@H]2c3sc(=O)n(CC(=O)Nc4ccc(C)cc4)c3S[C@H]3C(=O)N(c4ccccc4)C(=O)[C@@H]23)cc1OC. The van der Waals surface area contributed by atoms with Gasteiger partial charge in [-0.1, -0.05) is 65.1 Å². The molecule has 3 amide bonds. The van der Waals surface area contributed by atoms with E-state index in [0.717, 1.165) is 16.9 Å². The third-order valence-electron chi connectivity index (χ3n) is 7.47. The van der Waals surface area contributed by atoms with Gasteiger partial charge in [-0.15, -0.1) is 0 Å². The van der Waals surface area contributed by atoms with Crippen LogP contribution in [-0.2, 0) is 20.9 Å². The number of fused-ring (bicyclic) bond motifs is 2. The van der Waals surface area contributed by atoms with Crippen molar-refractivity contribution in [3.05, 3.63) is 98.5 Å². The van der Waals surface area contributed by atoms with Gasteiger partial charge in [0.2, 0.25) is 17.7 Å². The number of amides is 3. The van der Waals surface area contributed by atoms with E-state index < -0.39 is 17.1 Å². The molecule has 3 heterocycles. The number of hydrogen-bond acceptors (Lipinski definition) is 8. The molecule has 1 aromatic heterocycles. The lowest BCUT2D eigenvalue weighted by Gasteiger charge is -2.31. The molecule has 2 aliphatic heterocycles. The monoisotopic (exact) mass is 601 g/mol. The van der Waals surface area contributed by atoms with Crippen LogP contribution in [0.1, 0.15) is 21.9 Å². The van der Waals surface area contributed by atoms with Gasteiger partial charge < -0.3 is 14.8 Å². The van der Waals surface area contributed by atoms with E-state index in [1.165, 1.54) is 35.4 Å². The number of carbonyl (C=O) groups excluding carboxylic acids is 3. The molecule has 9 nitrogen and oxygen atoms in total. The second-order valence-electron chi connectivity index (χ2n) is 10.0. The van der Waals surface area contributed by atoms with Crippen LogP contribution in [0.5, 0.6) is 11.5 Å². The summed E-state index contributed by atoms with van der Waals surface area (Å²) in [5.41, 5.74) is 2.88. The van der Waals surface area contributed by atoms with E-state index in [-0.39, 0.29) is 29.1 Å². The lowest BCUT2D eigenvalue weighted by Crippen LogP contribution is -2.33. The second-order valence-corrected chi connectivity index (χ2v) is 12.2. The summed E-state index contributed by atoms with van der Waals surface area (Å²) in [6, 6.07) is 21.5. The Bertz CT molecular complexity index is 1750. The number of hydrogen-bond donors (Lipinski definition) is 1. The Morgan fingerprint density at radius 3 is 2.31 bits per heavy atom. The van der Waals surface area contributed by atoms with Crippen molar-refractivity contribution in [2.24, 2.45) is 5.92 Å². The van der Waals surface area contributed by atoms with Crippen molar-refractivity contribution in [3.8, 4) is 11.5 Å². The van der Waals surface area contributed by atoms with Crippen LogP contribution in [0.4, 0.5) is 11.4 Å². The fourth-order valence-electron chi connectivity index (χ4n) is 5.47. The Balaban J connectivity index is 1.43. The average molecular weight is 602 g/mol. The lowest BCUT2D eigenvalue weighted by atomic mass is 9.83. The number of methoxy groups -OCH3 is 2. The Labute approximate surface area is 250 Å². The first-order valence-electron chi connectivity index (χ1n) is 13.2. The zero-order valence-corrected chi connectivity index (χ0v) is 24.7. The number of aryl methyl sites for hydroxylation is 1. The molecule has 1 saturated heterocycles. The Morgan fingerprint density at radius 2 is 1.62 bits per heavy atom. The van der Waals surface area contributed by atoms with Gasteiger partial charge in [-0.3, -0.25) is 23.7 Å². The summed E-state index contributed by atoms with van der Waals surface area (Å²) >= 11 is 2.17. The summed E-state index contributed by atoms with van der Waals surface area (Å²) in [6.45, 7) is 1.72. The van der Waals surface area contributed by atoms with Gasteiger partial charge >= 0.3 is 4.87 Å². The maximum absolute atomic E-state index is 14.0. The van der Waals surface area contributed by atoms with Gasteiger partial charge in [-0.2, -0.15) is 0 Å². The minimum absolute atomic E-state index is 0.230. The number of para-hydroxylation sites is 1. The summed E-state index contributed by atoms with van der Waals surface area (Å²) < 4.78 is 12.4. The molecule has 0 unspecified atom stereocenters. The van der Waals surface area contributed by atoms with E-state index >= 15 is 0 Å². The summed E-state index contributed by atoms with van der Waals surface area (Å²) in [5, 5.41) is 2.57. The molecule has 4 aromatic rings. The van der Waals surface area contributed by atoms with Gasteiger partial charge in [0.25, 0.3) is 0 Å². The van der Waals surface area contributed by atoms with Crippen molar-refractivity contribution in [1.29, 1.82) is 0 Å². The maximum atomic E-state index is 14.0. The smallest absolute Gasteiger partial charge is 0.308 e. The largest absolute Gasteiger partial charge is 0.493 e. The first-order chi connectivity index (χ1) is 20.3. The van der Waals surface area contributed by atoms with Crippen molar-refractivity contribution >= 4 is 52.2 Å². The number of aromatic nitrogens is 1. The normalized spacial score (nSPS) is 19.3. The molecule has 0 saturated carbocycles. The third-order valence-corrected chi connectivity index (χ3v) is 10.1. The number of thioether (sulfide) groups is 1. The molecule has 3 atom stereocenters. The second kappa shape index (κ2) is 11.1. The van der Waals surface area contributed by atoms with Crippen molar-refractivity contribution in [3.63, 3.8) is 0 Å². The molecular formula is C31H27N3O6S2. The number of thiazole rings is 1. The fraction of sp³-hybridized carbons (Fsp3) is 0.226. The topological polar surface area (TPSA) is 107 Å². The Morgan fingerprint density at radius 1 is 0.905 bits per heavy atom. The van der Waals surface area contributed by atoms with Gasteiger partial charge in [0.1, 0.15) is 11.8 Å². The third kappa shape index (κ3) is 4.78. The summed E-state index contributed by atoms with van der Waals surface area (Å²) in [5.74, 6) is -1.46. The van der Waals surface area contributed by atoms with Crippen molar-refractivity contribution in [2.75, 3.05) is 24.4 Å². The zero-order valence-electron chi connectivity index (χ0n) is 23.0. The van der Waals surface area contributed by atoms with Crippen molar-refractivity contribution in [2.45, 2.75) is 29.7 Å². The molecule has 0 radical (unpaired) electrons. The highest BCUT2D eigenvalue weighted by atomic mass is 32.2. The van der Waals surface area contributed by atoms with Crippen LogP contribution < -0.4 is 24.6 Å². The number of carbonyl (C=O) groups is 3. The van der Waals surface area contributed by atoms with Crippen LogP contribution in [-0.4, -0.2) is 41.8 Å². The molecule has 0 aliphatic carbocycles. The standard InChI is InChI=1S/C31H27N3O6S2/c1-17-9-12-19(13-10-17)32-23(35)16-33-30-27(42-31(33)38)24(18-11-14-21(39-2)22(15-18)40-3)25-26(41-30)29(37)34(28(25)36)20-7-5-4-6-8-20/h4-15,24-26H,16H2,1-3H3,(H,32,35)/t24-,25-,26+/m0/s1. The molecule has 1 N–H and O–H groups in total. The number of nitrogens with one attached hydrogen (secondary N) is 1. The zero-order chi connectivity index (χ0) is 29.5. The molecule has 11 heteroatoms. The van der Waals surface area contributed by atoms with Crippen LogP contribution >= 0.6 is 23.1 Å². The van der Waals surface area contributed by atoms with E-state index in [1.54, 1.807) is 48.5 Å². The Kier molecular flexibility index (Phi) is 7.38. The molecule has 214 valence electrons. The number of nitrogens with zero attached hydrogens (tertiary/aromatic N) is 2. The van der Waals surface area contributed by atoms with E-state index in [9.17, 15) is 19.2 Å². The van der Waals surface area contributed by atoms with E-state index in [0.29, 0.717) is 38.3 Å². The molecule has 42 heavy (non-hydrogen) atoms. The highest BCUT2D eigenvalue weighted by molar-refractivity contribution is 8.00. The first-order valence-corrected chi connectivity index (χ1v) is 14.9.